The fraction of sp³-hybridized carbons (Fsp3) is 0.409. The SMILES string of the molecule is NC(=O)C(Oc1ccc(Cl)c(F)c1)C12CCC(NC(=O)COc3ccc(C(F)(F)F)nc3)(C1)C2. The van der Waals surface area contributed by atoms with Crippen molar-refractivity contribution in [3.05, 3.63) is 53.1 Å². The number of nitrogens with zero attached hydrogens (tertiary/aromatic N) is 1. The first-order valence-electron chi connectivity index (χ1n) is 10.3. The molecule has 2 aromatic rings. The minimum atomic E-state index is -4.57. The Labute approximate surface area is 196 Å². The van der Waals surface area contributed by atoms with Crippen LogP contribution in [0.4, 0.5) is 17.6 Å². The van der Waals surface area contributed by atoms with Gasteiger partial charge in [0.25, 0.3) is 11.8 Å². The summed E-state index contributed by atoms with van der Waals surface area (Å²) in [5.41, 5.74) is 3.33. The highest BCUT2D eigenvalue weighted by Gasteiger charge is 2.66. The average Bonchev–Trinajstić information content (AvgIpc) is 3.28. The van der Waals surface area contributed by atoms with Gasteiger partial charge in [-0.3, -0.25) is 9.59 Å². The van der Waals surface area contributed by atoms with E-state index in [1.54, 1.807) is 0 Å². The number of carbonyl (C=O) groups excluding carboxylic acids is 2. The first kappa shape index (κ1) is 24.1. The Morgan fingerprint density at radius 2 is 1.88 bits per heavy atom. The number of aromatic nitrogens is 1. The summed E-state index contributed by atoms with van der Waals surface area (Å²) in [6.45, 7) is -0.415. The smallest absolute Gasteiger partial charge is 0.433 e. The first-order chi connectivity index (χ1) is 15.9. The molecule has 2 amide bonds. The highest BCUT2D eigenvalue weighted by molar-refractivity contribution is 6.30. The van der Waals surface area contributed by atoms with Crippen molar-refractivity contribution < 1.29 is 36.6 Å². The number of rotatable bonds is 8. The van der Waals surface area contributed by atoms with Crippen LogP contribution < -0.4 is 20.5 Å². The van der Waals surface area contributed by atoms with Crippen LogP contribution in [0.25, 0.3) is 0 Å². The first-order valence-corrected chi connectivity index (χ1v) is 10.7. The summed E-state index contributed by atoms with van der Waals surface area (Å²) in [4.78, 5) is 27.8. The third-order valence-corrected chi connectivity index (χ3v) is 6.55. The van der Waals surface area contributed by atoms with E-state index in [9.17, 15) is 27.2 Å². The monoisotopic (exact) mass is 501 g/mol. The summed E-state index contributed by atoms with van der Waals surface area (Å²) >= 11 is 5.68. The number of ether oxygens (including phenoxy) is 2. The number of benzene rings is 1. The van der Waals surface area contributed by atoms with Gasteiger partial charge in [0.05, 0.1) is 11.2 Å². The molecule has 0 aliphatic heterocycles. The van der Waals surface area contributed by atoms with Crippen LogP contribution in [-0.2, 0) is 15.8 Å². The molecule has 1 aromatic carbocycles. The largest absolute Gasteiger partial charge is 0.482 e. The van der Waals surface area contributed by atoms with Gasteiger partial charge < -0.3 is 20.5 Å². The fourth-order valence-corrected chi connectivity index (χ4v) is 5.01. The predicted octanol–water partition coefficient (Wildman–Crippen LogP) is 3.63. The Morgan fingerprint density at radius 3 is 2.47 bits per heavy atom. The van der Waals surface area contributed by atoms with Gasteiger partial charge in [0.15, 0.2) is 12.7 Å². The van der Waals surface area contributed by atoms with E-state index in [2.05, 4.69) is 10.3 Å². The Balaban J connectivity index is 1.33. The molecule has 182 valence electrons. The lowest BCUT2D eigenvalue weighted by molar-refractivity contribution is -0.141. The van der Waals surface area contributed by atoms with Crippen molar-refractivity contribution in [3.8, 4) is 11.5 Å². The summed E-state index contributed by atoms with van der Waals surface area (Å²) in [6.07, 6.45) is -2.71. The molecular formula is C22H20ClF4N3O4. The van der Waals surface area contributed by atoms with Crippen LogP contribution in [-0.4, -0.2) is 35.0 Å². The van der Waals surface area contributed by atoms with Crippen LogP contribution in [0.2, 0.25) is 5.02 Å². The highest BCUT2D eigenvalue weighted by atomic mass is 35.5. The molecule has 0 saturated heterocycles. The lowest BCUT2D eigenvalue weighted by atomic mass is 9.61. The molecule has 1 aromatic heterocycles. The second-order valence-corrected chi connectivity index (χ2v) is 9.09. The molecule has 1 unspecified atom stereocenters. The van der Waals surface area contributed by atoms with Gasteiger partial charge in [0.1, 0.15) is 23.0 Å². The Kier molecular flexibility index (Phi) is 6.09. The van der Waals surface area contributed by atoms with E-state index in [1.807, 2.05) is 0 Å². The molecule has 3 aliphatic rings. The van der Waals surface area contributed by atoms with E-state index in [0.29, 0.717) is 25.7 Å². The maximum atomic E-state index is 13.7. The molecule has 0 spiro atoms. The Morgan fingerprint density at radius 1 is 1.18 bits per heavy atom. The van der Waals surface area contributed by atoms with Gasteiger partial charge >= 0.3 is 6.18 Å². The molecule has 3 saturated carbocycles. The maximum Gasteiger partial charge on any atom is 0.433 e. The normalized spacial score (nSPS) is 24.1. The minimum absolute atomic E-state index is 0.0208. The molecule has 5 rings (SSSR count). The fourth-order valence-electron chi connectivity index (χ4n) is 4.89. The number of carbonyl (C=O) groups is 2. The zero-order valence-corrected chi connectivity index (χ0v) is 18.4. The van der Waals surface area contributed by atoms with Crippen LogP contribution >= 0.6 is 11.6 Å². The molecule has 3 N–H and O–H groups in total. The number of hydrogen-bond donors (Lipinski definition) is 2. The van der Waals surface area contributed by atoms with E-state index >= 15 is 0 Å². The van der Waals surface area contributed by atoms with Crippen molar-refractivity contribution in [2.45, 2.75) is 43.5 Å². The van der Waals surface area contributed by atoms with Gasteiger partial charge in [0, 0.05) is 17.0 Å². The van der Waals surface area contributed by atoms with Crippen molar-refractivity contribution in [2.75, 3.05) is 6.61 Å². The lowest BCUT2D eigenvalue weighted by Crippen LogP contribution is -2.62. The molecule has 1 heterocycles. The van der Waals surface area contributed by atoms with Gasteiger partial charge in [-0.1, -0.05) is 11.6 Å². The quantitative estimate of drug-likeness (QED) is 0.538. The van der Waals surface area contributed by atoms with Crippen LogP contribution in [0.15, 0.2) is 36.5 Å². The van der Waals surface area contributed by atoms with Crippen LogP contribution in [0.3, 0.4) is 0 Å². The van der Waals surface area contributed by atoms with Crippen molar-refractivity contribution in [1.82, 2.24) is 10.3 Å². The standard InChI is InChI=1S/C22H20ClF4N3O4/c23-14-3-1-12(7-15(14)24)34-18(19(28)32)20-5-6-21(10-20,11-20)30-17(31)9-33-13-2-4-16(29-8-13)22(25,26)27/h1-4,7-8,18H,5-6,9-11H2,(H2,28,32)(H,30,31). The zero-order valence-electron chi connectivity index (χ0n) is 17.6. The highest BCUT2D eigenvalue weighted by Crippen LogP contribution is 2.63. The molecule has 7 nitrogen and oxygen atoms in total. The number of alkyl halides is 3. The zero-order chi connectivity index (χ0) is 24.7. The van der Waals surface area contributed by atoms with E-state index < -0.39 is 53.2 Å². The van der Waals surface area contributed by atoms with E-state index in [0.717, 1.165) is 24.4 Å². The van der Waals surface area contributed by atoms with Crippen molar-refractivity contribution >= 4 is 23.4 Å². The summed E-state index contributed by atoms with van der Waals surface area (Å²) in [6, 6.07) is 5.67. The third kappa shape index (κ3) is 4.75. The van der Waals surface area contributed by atoms with E-state index in [4.69, 9.17) is 26.8 Å². The topological polar surface area (TPSA) is 104 Å². The molecule has 3 fully saturated rings. The van der Waals surface area contributed by atoms with E-state index in [1.165, 1.54) is 12.1 Å². The van der Waals surface area contributed by atoms with Crippen molar-refractivity contribution in [1.29, 1.82) is 0 Å². The van der Waals surface area contributed by atoms with Gasteiger partial charge in [-0.2, -0.15) is 13.2 Å². The van der Waals surface area contributed by atoms with Gasteiger partial charge in [-0.15, -0.1) is 0 Å². The van der Waals surface area contributed by atoms with Crippen molar-refractivity contribution in [2.24, 2.45) is 11.1 Å². The second-order valence-electron chi connectivity index (χ2n) is 8.69. The molecule has 34 heavy (non-hydrogen) atoms. The molecule has 12 heteroatoms. The number of halogens is 5. The maximum absolute atomic E-state index is 13.7. The number of fused-ring (bicyclic) bond motifs is 1. The molecular weight excluding hydrogens is 482 g/mol. The number of hydrogen-bond acceptors (Lipinski definition) is 5. The predicted molar refractivity (Wildman–Crippen MR) is 112 cm³/mol. The number of nitrogens with one attached hydrogen (secondary N) is 1. The van der Waals surface area contributed by atoms with Gasteiger partial charge in [0.2, 0.25) is 0 Å². The summed E-state index contributed by atoms with van der Waals surface area (Å²) < 4.78 is 62.4. The number of pyridine rings is 1. The van der Waals surface area contributed by atoms with Gasteiger partial charge in [-0.25, -0.2) is 9.37 Å². The molecule has 1 atom stereocenters. The molecule has 2 bridgehead atoms. The molecule has 0 radical (unpaired) electrons. The molecule has 3 aliphatic carbocycles. The average molecular weight is 502 g/mol. The second kappa shape index (κ2) is 8.61. The summed E-state index contributed by atoms with van der Waals surface area (Å²) in [7, 11) is 0. The number of amides is 2. The number of primary amides is 1. The van der Waals surface area contributed by atoms with E-state index in [-0.39, 0.29) is 16.5 Å². The van der Waals surface area contributed by atoms with Crippen molar-refractivity contribution in [3.63, 3.8) is 0 Å². The van der Waals surface area contributed by atoms with Crippen LogP contribution in [0, 0.1) is 11.2 Å². The lowest BCUT2D eigenvalue weighted by Gasteiger charge is -2.50. The Hall–Kier alpha value is -3.08. The third-order valence-electron chi connectivity index (χ3n) is 6.24. The number of nitrogens with two attached hydrogens (primary N) is 1. The van der Waals surface area contributed by atoms with Crippen LogP contribution in [0.1, 0.15) is 31.4 Å². The summed E-state index contributed by atoms with van der Waals surface area (Å²) in [5, 5.41) is 2.79. The minimum Gasteiger partial charge on any atom is -0.482 e. The summed E-state index contributed by atoms with van der Waals surface area (Å²) in [5.74, 6) is -1.72. The Bertz CT molecular complexity index is 1100. The van der Waals surface area contributed by atoms with Crippen LogP contribution in [0.5, 0.6) is 11.5 Å². The van der Waals surface area contributed by atoms with Gasteiger partial charge in [-0.05, 0) is 49.9 Å².